The second-order valence-electron chi connectivity index (χ2n) is 5.22. The Morgan fingerprint density at radius 3 is 2.50 bits per heavy atom. The number of nitro groups is 1. The minimum absolute atomic E-state index is 0.116. The van der Waals surface area contributed by atoms with E-state index >= 15 is 0 Å². The molecule has 0 atom stereocenters. The molecule has 0 aromatic heterocycles. The first kappa shape index (κ1) is 17.5. The van der Waals surface area contributed by atoms with E-state index in [2.05, 4.69) is 10.5 Å². The molecule has 2 aromatic rings. The van der Waals surface area contributed by atoms with Gasteiger partial charge in [0.1, 0.15) is 5.69 Å². The van der Waals surface area contributed by atoms with Crippen LogP contribution in [0.5, 0.6) is 0 Å². The van der Waals surface area contributed by atoms with Crippen molar-refractivity contribution in [3.8, 4) is 0 Å². The van der Waals surface area contributed by atoms with Crippen molar-refractivity contribution in [1.29, 1.82) is 0 Å². The van der Waals surface area contributed by atoms with E-state index in [-0.39, 0.29) is 5.69 Å². The highest BCUT2D eigenvalue weighted by Crippen LogP contribution is 2.34. The number of hydrazone groups is 1. The van der Waals surface area contributed by atoms with Crippen LogP contribution in [0.25, 0.3) is 0 Å². The highest BCUT2D eigenvalue weighted by Gasteiger charge is 2.33. The minimum Gasteiger partial charge on any atom is -0.272 e. The minimum atomic E-state index is -4.65. The number of nitro benzene ring substituents is 1. The molecule has 1 N–H and O–H groups in total. The number of anilines is 1. The van der Waals surface area contributed by atoms with Crippen molar-refractivity contribution in [3.05, 3.63) is 68.8 Å². The van der Waals surface area contributed by atoms with Gasteiger partial charge in [-0.1, -0.05) is 23.8 Å². The summed E-state index contributed by atoms with van der Waals surface area (Å²) in [6, 6.07) is 7.94. The summed E-state index contributed by atoms with van der Waals surface area (Å²) in [6.45, 7) is 3.78. The molecule has 2 aromatic carbocycles. The SMILES string of the molecule is Cc1ccc(C)c(/C=N\Nc2ccc(C(F)(F)F)cc2[N+](=O)[O-])c1. The Balaban J connectivity index is 2.28. The normalized spacial score (nSPS) is 11.7. The zero-order chi connectivity index (χ0) is 17.9. The molecule has 2 rings (SSSR count). The van der Waals surface area contributed by atoms with Gasteiger partial charge in [-0.25, -0.2) is 0 Å². The zero-order valence-electron chi connectivity index (χ0n) is 12.9. The Labute approximate surface area is 136 Å². The number of rotatable bonds is 4. The fourth-order valence-corrected chi connectivity index (χ4v) is 2.02. The van der Waals surface area contributed by atoms with E-state index in [1.54, 1.807) is 0 Å². The zero-order valence-corrected chi connectivity index (χ0v) is 12.9. The van der Waals surface area contributed by atoms with Crippen LogP contribution < -0.4 is 5.43 Å². The van der Waals surface area contributed by atoms with Crippen LogP contribution in [0.3, 0.4) is 0 Å². The van der Waals surface area contributed by atoms with Gasteiger partial charge in [0.2, 0.25) is 0 Å². The lowest BCUT2D eigenvalue weighted by molar-refractivity contribution is -0.384. The van der Waals surface area contributed by atoms with E-state index in [0.717, 1.165) is 28.8 Å². The van der Waals surface area contributed by atoms with E-state index in [1.165, 1.54) is 6.21 Å². The summed E-state index contributed by atoms with van der Waals surface area (Å²) in [4.78, 5) is 10.1. The Bertz CT molecular complexity index is 802. The number of aryl methyl sites for hydroxylation is 2. The van der Waals surface area contributed by atoms with Gasteiger partial charge in [0.05, 0.1) is 16.7 Å². The van der Waals surface area contributed by atoms with Crippen molar-refractivity contribution in [2.75, 3.05) is 5.43 Å². The number of hydrogen-bond donors (Lipinski definition) is 1. The first-order valence-electron chi connectivity index (χ1n) is 6.90. The number of halogens is 3. The molecule has 0 amide bonds. The van der Waals surface area contributed by atoms with Crippen LogP contribution in [0, 0.1) is 24.0 Å². The van der Waals surface area contributed by atoms with Gasteiger partial charge in [-0.05, 0) is 37.1 Å². The molecule has 5 nitrogen and oxygen atoms in total. The van der Waals surface area contributed by atoms with Crippen molar-refractivity contribution in [2.45, 2.75) is 20.0 Å². The molecule has 0 radical (unpaired) electrons. The molecular formula is C16H14F3N3O2. The van der Waals surface area contributed by atoms with Crippen LogP contribution in [0.2, 0.25) is 0 Å². The van der Waals surface area contributed by atoms with Gasteiger partial charge in [0.15, 0.2) is 0 Å². The van der Waals surface area contributed by atoms with Gasteiger partial charge in [0, 0.05) is 6.07 Å². The molecule has 24 heavy (non-hydrogen) atoms. The summed E-state index contributed by atoms with van der Waals surface area (Å²) in [7, 11) is 0. The van der Waals surface area contributed by atoms with Gasteiger partial charge in [-0.3, -0.25) is 15.5 Å². The van der Waals surface area contributed by atoms with Crippen molar-refractivity contribution in [3.63, 3.8) is 0 Å². The number of nitrogens with zero attached hydrogens (tertiary/aromatic N) is 2. The lowest BCUT2D eigenvalue weighted by Gasteiger charge is -2.08. The second-order valence-corrected chi connectivity index (χ2v) is 5.22. The predicted octanol–water partition coefficient (Wildman–Crippen LogP) is 4.68. The van der Waals surface area contributed by atoms with Crippen LogP contribution >= 0.6 is 0 Å². The van der Waals surface area contributed by atoms with E-state index < -0.39 is 22.4 Å². The van der Waals surface area contributed by atoms with Crippen molar-refractivity contribution >= 4 is 17.6 Å². The molecule has 8 heteroatoms. The van der Waals surface area contributed by atoms with Crippen LogP contribution in [0.1, 0.15) is 22.3 Å². The van der Waals surface area contributed by atoms with E-state index in [4.69, 9.17) is 0 Å². The van der Waals surface area contributed by atoms with Crippen LogP contribution in [0.15, 0.2) is 41.5 Å². The summed E-state index contributed by atoms with van der Waals surface area (Å²) < 4.78 is 37.9. The Morgan fingerprint density at radius 2 is 1.88 bits per heavy atom. The summed E-state index contributed by atoms with van der Waals surface area (Å²) in [5.74, 6) is 0. The molecule has 0 fully saturated rings. The fraction of sp³-hybridized carbons (Fsp3) is 0.188. The van der Waals surface area contributed by atoms with Crippen molar-refractivity contribution in [2.24, 2.45) is 5.10 Å². The molecule has 0 saturated heterocycles. The summed E-state index contributed by atoms with van der Waals surface area (Å²) >= 11 is 0. The van der Waals surface area contributed by atoms with Crippen LogP contribution in [-0.4, -0.2) is 11.1 Å². The largest absolute Gasteiger partial charge is 0.416 e. The van der Waals surface area contributed by atoms with E-state index in [9.17, 15) is 23.3 Å². The van der Waals surface area contributed by atoms with E-state index in [1.807, 2.05) is 32.0 Å². The number of alkyl halides is 3. The average Bonchev–Trinajstić information content (AvgIpc) is 2.49. The third-order valence-corrected chi connectivity index (χ3v) is 3.35. The number of benzene rings is 2. The summed E-state index contributed by atoms with van der Waals surface area (Å²) in [5, 5.41) is 14.9. The lowest BCUT2D eigenvalue weighted by Crippen LogP contribution is -2.06. The quantitative estimate of drug-likeness (QED) is 0.500. The molecule has 0 unspecified atom stereocenters. The highest BCUT2D eigenvalue weighted by atomic mass is 19.4. The molecule has 0 aliphatic rings. The Morgan fingerprint density at radius 1 is 1.17 bits per heavy atom. The van der Waals surface area contributed by atoms with Crippen molar-refractivity contribution in [1.82, 2.24) is 0 Å². The standard InChI is InChI=1S/C16H14F3N3O2/c1-10-3-4-11(2)12(7-10)9-20-21-14-6-5-13(16(17,18)19)8-15(14)22(23)24/h3-9,21H,1-2H3/b20-9-. The Kier molecular flexibility index (Phi) is 4.87. The fourth-order valence-electron chi connectivity index (χ4n) is 2.02. The average molecular weight is 337 g/mol. The third kappa shape index (κ3) is 4.09. The molecule has 0 spiro atoms. The molecule has 0 aliphatic carbocycles. The monoisotopic (exact) mass is 337 g/mol. The lowest BCUT2D eigenvalue weighted by atomic mass is 10.1. The van der Waals surface area contributed by atoms with Crippen LogP contribution in [0.4, 0.5) is 24.5 Å². The molecular weight excluding hydrogens is 323 g/mol. The molecule has 0 bridgehead atoms. The maximum absolute atomic E-state index is 12.6. The molecule has 0 heterocycles. The van der Waals surface area contributed by atoms with Crippen LogP contribution in [-0.2, 0) is 6.18 Å². The first-order chi connectivity index (χ1) is 11.2. The number of hydrogen-bond acceptors (Lipinski definition) is 4. The third-order valence-electron chi connectivity index (χ3n) is 3.35. The molecule has 0 aliphatic heterocycles. The highest BCUT2D eigenvalue weighted by molar-refractivity contribution is 5.82. The predicted molar refractivity (Wildman–Crippen MR) is 85.2 cm³/mol. The van der Waals surface area contributed by atoms with E-state index in [0.29, 0.717) is 6.07 Å². The maximum atomic E-state index is 12.6. The van der Waals surface area contributed by atoms with Gasteiger partial charge in [-0.15, -0.1) is 0 Å². The first-order valence-corrected chi connectivity index (χ1v) is 6.90. The van der Waals surface area contributed by atoms with Gasteiger partial charge < -0.3 is 0 Å². The summed E-state index contributed by atoms with van der Waals surface area (Å²) in [6.07, 6.45) is -3.19. The Hall–Kier alpha value is -2.90. The van der Waals surface area contributed by atoms with Crippen molar-refractivity contribution < 1.29 is 18.1 Å². The smallest absolute Gasteiger partial charge is 0.272 e. The van der Waals surface area contributed by atoms with Gasteiger partial charge >= 0.3 is 6.18 Å². The summed E-state index contributed by atoms with van der Waals surface area (Å²) in [5.41, 5.74) is 3.31. The molecule has 126 valence electrons. The maximum Gasteiger partial charge on any atom is 0.416 e. The van der Waals surface area contributed by atoms with Gasteiger partial charge in [0.25, 0.3) is 5.69 Å². The topological polar surface area (TPSA) is 67.5 Å². The number of nitrogens with one attached hydrogen (secondary N) is 1. The van der Waals surface area contributed by atoms with Gasteiger partial charge in [-0.2, -0.15) is 18.3 Å². The molecule has 0 saturated carbocycles. The second kappa shape index (κ2) is 6.69.